The van der Waals surface area contributed by atoms with Crippen LogP contribution in [-0.2, 0) is 23.5 Å². The first-order valence-electron chi connectivity index (χ1n) is 5.06. The molecule has 0 aliphatic carbocycles. The minimum atomic E-state index is -3.61. The van der Waals surface area contributed by atoms with E-state index in [0.29, 0.717) is 17.9 Å². The van der Waals surface area contributed by atoms with Gasteiger partial charge in [0.05, 0.1) is 18.1 Å². The molecule has 8 heteroatoms. The van der Waals surface area contributed by atoms with Crippen molar-refractivity contribution in [1.29, 1.82) is 0 Å². The van der Waals surface area contributed by atoms with Gasteiger partial charge in [0.2, 0.25) is 0 Å². The monoisotopic (exact) mass is 255 g/mol. The molecule has 2 aromatic rings. The predicted octanol–water partition coefficient (Wildman–Crippen LogP) is 0.506. The van der Waals surface area contributed by atoms with Crippen LogP contribution in [0.5, 0.6) is 0 Å². The normalized spacial score (nSPS) is 11.6. The fraction of sp³-hybridized carbons (Fsp3) is 0.333. The van der Waals surface area contributed by atoms with Crippen LogP contribution in [-0.4, -0.2) is 28.2 Å². The lowest BCUT2D eigenvalue weighted by Gasteiger charge is -2.02. The number of aromatic nitrogens is 4. The van der Waals surface area contributed by atoms with Crippen LogP contribution in [0.25, 0.3) is 0 Å². The number of aryl methyl sites for hydroxylation is 2. The largest absolute Gasteiger partial charge is 0.332 e. The number of imidazole rings is 1. The average Bonchev–Trinajstić information content (AvgIpc) is 2.86. The Bertz CT molecular complexity index is 613. The van der Waals surface area contributed by atoms with E-state index in [-0.39, 0.29) is 5.03 Å². The molecule has 0 fully saturated rings. The molecule has 2 rings (SSSR count). The predicted molar refractivity (Wildman–Crippen MR) is 62.0 cm³/mol. The van der Waals surface area contributed by atoms with E-state index in [1.165, 1.54) is 17.1 Å². The molecule has 0 saturated carbocycles. The van der Waals surface area contributed by atoms with E-state index in [4.69, 9.17) is 0 Å². The molecule has 2 heterocycles. The maximum Gasteiger partial charge on any atom is 0.279 e. The van der Waals surface area contributed by atoms with Crippen molar-refractivity contribution in [3.05, 3.63) is 24.4 Å². The lowest BCUT2D eigenvalue weighted by molar-refractivity contribution is 0.598. The molecule has 0 radical (unpaired) electrons. The minimum Gasteiger partial charge on any atom is -0.332 e. The minimum absolute atomic E-state index is 0.0539. The van der Waals surface area contributed by atoms with Crippen LogP contribution in [0.4, 0.5) is 5.69 Å². The summed E-state index contributed by atoms with van der Waals surface area (Å²) in [4.78, 5) is 6.69. The van der Waals surface area contributed by atoms with Gasteiger partial charge < -0.3 is 4.98 Å². The van der Waals surface area contributed by atoms with Gasteiger partial charge in [-0.3, -0.25) is 9.40 Å². The van der Waals surface area contributed by atoms with Gasteiger partial charge in [-0.15, -0.1) is 0 Å². The third kappa shape index (κ3) is 2.47. The first-order valence-corrected chi connectivity index (χ1v) is 6.55. The van der Waals surface area contributed by atoms with E-state index in [9.17, 15) is 8.42 Å². The Kier molecular flexibility index (Phi) is 2.88. The average molecular weight is 255 g/mol. The molecule has 7 nitrogen and oxygen atoms in total. The smallest absolute Gasteiger partial charge is 0.279 e. The summed E-state index contributed by atoms with van der Waals surface area (Å²) in [6.07, 6.45) is 4.98. The molecule has 0 atom stereocenters. The van der Waals surface area contributed by atoms with E-state index in [1.807, 2.05) is 6.92 Å². The zero-order valence-corrected chi connectivity index (χ0v) is 10.3. The van der Waals surface area contributed by atoms with E-state index in [0.717, 1.165) is 0 Å². The molecular formula is C9H13N5O2S. The molecule has 2 N–H and O–H groups in total. The summed E-state index contributed by atoms with van der Waals surface area (Å²) >= 11 is 0. The summed E-state index contributed by atoms with van der Waals surface area (Å²) in [6, 6.07) is 0. The van der Waals surface area contributed by atoms with Crippen LogP contribution in [0.1, 0.15) is 12.7 Å². The van der Waals surface area contributed by atoms with Crippen LogP contribution in [0, 0.1) is 0 Å². The molecule has 0 aliphatic heterocycles. The summed E-state index contributed by atoms with van der Waals surface area (Å²) in [5, 5.41) is 3.93. The Morgan fingerprint density at radius 1 is 1.47 bits per heavy atom. The first kappa shape index (κ1) is 11.6. The molecule has 0 saturated heterocycles. The number of rotatable bonds is 4. The third-order valence-electron chi connectivity index (χ3n) is 2.19. The van der Waals surface area contributed by atoms with Crippen LogP contribution in [0.3, 0.4) is 0 Å². The van der Waals surface area contributed by atoms with Crippen LogP contribution >= 0.6 is 0 Å². The number of aromatic amines is 1. The van der Waals surface area contributed by atoms with E-state index < -0.39 is 10.0 Å². The van der Waals surface area contributed by atoms with Crippen molar-refractivity contribution < 1.29 is 8.42 Å². The molecule has 0 amide bonds. The van der Waals surface area contributed by atoms with Crippen molar-refractivity contribution >= 4 is 15.7 Å². The molecule has 0 spiro atoms. The van der Waals surface area contributed by atoms with Crippen molar-refractivity contribution in [2.24, 2.45) is 7.05 Å². The molecule has 0 unspecified atom stereocenters. The Morgan fingerprint density at radius 3 is 2.76 bits per heavy atom. The van der Waals surface area contributed by atoms with Gasteiger partial charge >= 0.3 is 0 Å². The lowest BCUT2D eigenvalue weighted by atomic mass is 10.5. The van der Waals surface area contributed by atoms with Crippen molar-refractivity contribution in [2.75, 3.05) is 4.72 Å². The van der Waals surface area contributed by atoms with Crippen molar-refractivity contribution in [2.45, 2.75) is 18.4 Å². The summed E-state index contributed by atoms with van der Waals surface area (Å²) in [5.41, 5.74) is 0.417. The third-order valence-corrected chi connectivity index (χ3v) is 3.48. The zero-order valence-electron chi connectivity index (χ0n) is 9.51. The molecule has 0 aliphatic rings. The quantitative estimate of drug-likeness (QED) is 0.832. The molecular weight excluding hydrogens is 242 g/mol. The number of hydrogen-bond donors (Lipinski definition) is 2. The molecule has 92 valence electrons. The molecule has 2 aromatic heterocycles. The summed E-state index contributed by atoms with van der Waals surface area (Å²) < 4.78 is 27.8. The Balaban J connectivity index is 2.24. The van der Waals surface area contributed by atoms with Gasteiger partial charge in [-0.1, -0.05) is 6.92 Å². The fourth-order valence-corrected chi connectivity index (χ4v) is 2.31. The maximum atomic E-state index is 11.9. The number of nitrogens with one attached hydrogen (secondary N) is 2. The lowest BCUT2D eigenvalue weighted by Crippen LogP contribution is -2.13. The topological polar surface area (TPSA) is 92.7 Å². The zero-order chi connectivity index (χ0) is 12.5. The first-order chi connectivity index (χ1) is 8.01. The highest BCUT2D eigenvalue weighted by Gasteiger charge is 2.17. The Labute approximate surface area is 98.9 Å². The van der Waals surface area contributed by atoms with Gasteiger partial charge in [-0.05, 0) is 0 Å². The molecule has 0 bridgehead atoms. The SMILES string of the molecule is CCc1ncc(S(=O)(=O)Nc2cnn(C)c2)[nH]1. The number of nitrogens with zero attached hydrogens (tertiary/aromatic N) is 3. The van der Waals surface area contributed by atoms with Gasteiger partial charge in [0.1, 0.15) is 5.82 Å². The van der Waals surface area contributed by atoms with Crippen LogP contribution in [0.2, 0.25) is 0 Å². The summed E-state index contributed by atoms with van der Waals surface area (Å²) in [5.74, 6) is 0.636. The highest BCUT2D eigenvalue weighted by atomic mass is 32.2. The van der Waals surface area contributed by atoms with Crippen LogP contribution < -0.4 is 4.72 Å². The Hall–Kier alpha value is -1.83. The maximum absolute atomic E-state index is 11.9. The van der Waals surface area contributed by atoms with E-state index in [2.05, 4.69) is 19.8 Å². The van der Waals surface area contributed by atoms with Gasteiger partial charge in [-0.25, -0.2) is 4.98 Å². The second-order valence-corrected chi connectivity index (χ2v) is 5.21. The molecule has 17 heavy (non-hydrogen) atoms. The number of H-pyrrole nitrogens is 1. The van der Waals surface area contributed by atoms with Gasteiger partial charge in [0.25, 0.3) is 10.0 Å². The number of anilines is 1. The highest BCUT2D eigenvalue weighted by molar-refractivity contribution is 7.92. The molecule has 0 aromatic carbocycles. The highest BCUT2D eigenvalue weighted by Crippen LogP contribution is 2.13. The van der Waals surface area contributed by atoms with E-state index >= 15 is 0 Å². The van der Waals surface area contributed by atoms with Gasteiger partial charge in [0.15, 0.2) is 5.03 Å². The van der Waals surface area contributed by atoms with Crippen molar-refractivity contribution in [3.63, 3.8) is 0 Å². The Morgan fingerprint density at radius 2 is 2.24 bits per heavy atom. The van der Waals surface area contributed by atoms with Gasteiger partial charge in [-0.2, -0.15) is 13.5 Å². The van der Waals surface area contributed by atoms with Gasteiger partial charge in [0, 0.05) is 19.7 Å². The summed E-state index contributed by atoms with van der Waals surface area (Å²) in [7, 11) is -1.90. The van der Waals surface area contributed by atoms with E-state index in [1.54, 1.807) is 13.2 Å². The standard InChI is InChI=1S/C9H13N5O2S/c1-3-8-10-5-9(12-8)17(15,16)13-7-4-11-14(2)6-7/h4-6,13H,3H2,1-2H3,(H,10,12). The summed E-state index contributed by atoms with van der Waals surface area (Å²) in [6.45, 7) is 1.89. The second kappa shape index (κ2) is 4.21. The van der Waals surface area contributed by atoms with Crippen LogP contribution in [0.15, 0.2) is 23.6 Å². The van der Waals surface area contributed by atoms with Crippen molar-refractivity contribution in [1.82, 2.24) is 19.7 Å². The van der Waals surface area contributed by atoms with Crippen molar-refractivity contribution in [3.8, 4) is 0 Å². The number of sulfonamides is 1. The fourth-order valence-electron chi connectivity index (χ4n) is 1.34. The second-order valence-electron chi connectivity index (χ2n) is 3.56. The number of hydrogen-bond acceptors (Lipinski definition) is 4.